The Morgan fingerprint density at radius 2 is 1.85 bits per heavy atom. The minimum atomic E-state index is -0.805. The van der Waals surface area contributed by atoms with Crippen LogP contribution in [0.5, 0.6) is 0 Å². The zero-order valence-electron chi connectivity index (χ0n) is 12.2. The monoisotopic (exact) mass is 275 g/mol. The molecule has 1 amide bonds. The molecule has 1 aliphatic heterocycles. The summed E-state index contributed by atoms with van der Waals surface area (Å²) in [6.07, 6.45) is 0.525. The van der Waals surface area contributed by atoms with Gasteiger partial charge in [-0.3, -0.25) is 9.59 Å². The molecule has 0 radical (unpaired) electrons. The number of rotatable bonds is 3. The number of amides is 1. The molecule has 1 unspecified atom stereocenters. The van der Waals surface area contributed by atoms with Crippen LogP contribution in [-0.4, -0.2) is 35.0 Å². The molecule has 4 heteroatoms. The molecule has 2 rings (SSSR count). The maximum absolute atomic E-state index is 12.4. The van der Waals surface area contributed by atoms with Crippen molar-refractivity contribution in [2.24, 2.45) is 11.3 Å². The summed E-state index contributed by atoms with van der Waals surface area (Å²) in [6, 6.07) is 7.40. The van der Waals surface area contributed by atoms with Gasteiger partial charge in [-0.25, -0.2) is 0 Å². The van der Waals surface area contributed by atoms with E-state index in [0.717, 1.165) is 5.56 Å². The number of aryl methyl sites for hydroxylation is 1. The molecular weight excluding hydrogens is 254 g/mol. The van der Waals surface area contributed by atoms with Gasteiger partial charge in [0.1, 0.15) is 0 Å². The predicted molar refractivity (Wildman–Crippen MR) is 76.6 cm³/mol. The first-order valence-corrected chi connectivity index (χ1v) is 6.96. The summed E-state index contributed by atoms with van der Waals surface area (Å²) in [5.41, 5.74) is 0.922. The molecule has 1 heterocycles. The largest absolute Gasteiger partial charge is 0.481 e. The Balaban J connectivity index is 2.18. The third-order valence-corrected chi connectivity index (χ3v) is 4.42. The summed E-state index contributed by atoms with van der Waals surface area (Å²) in [5, 5.41) is 9.50. The normalized spacial score (nSPS) is 22.3. The highest BCUT2D eigenvalue weighted by atomic mass is 16.4. The smallest absolute Gasteiger partial charge is 0.311 e. The van der Waals surface area contributed by atoms with Crippen LogP contribution in [0.2, 0.25) is 0 Å². The molecule has 1 N–H and O–H groups in total. The second-order valence-corrected chi connectivity index (χ2v) is 5.96. The van der Waals surface area contributed by atoms with Crippen LogP contribution in [0.15, 0.2) is 24.3 Å². The molecule has 1 aromatic rings. The van der Waals surface area contributed by atoms with E-state index in [1.807, 2.05) is 32.9 Å². The fourth-order valence-electron chi connectivity index (χ4n) is 2.78. The highest BCUT2D eigenvalue weighted by Gasteiger charge is 2.48. The SMILES string of the molecule is Cc1ccc(C(=O)N2CCC(C(=O)O)(C(C)C)C2)cc1. The molecular formula is C16H21NO3. The number of nitrogens with zero attached hydrogens (tertiary/aromatic N) is 1. The van der Waals surface area contributed by atoms with Crippen LogP contribution in [-0.2, 0) is 4.79 Å². The van der Waals surface area contributed by atoms with Crippen molar-refractivity contribution in [3.63, 3.8) is 0 Å². The molecule has 0 saturated carbocycles. The third-order valence-electron chi connectivity index (χ3n) is 4.42. The van der Waals surface area contributed by atoms with Crippen molar-refractivity contribution in [2.75, 3.05) is 13.1 Å². The summed E-state index contributed by atoms with van der Waals surface area (Å²) in [7, 11) is 0. The van der Waals surface area contributed by atoms with Crippen molar-refractivity contribution in [2.45, 2.75) is 27.2 Å². The average molecular weight is 275 g/mol. The van der Waals surface area contributed by atoms with Crippen molar-refractivity contribution in [3.05, 3.63) is 35.4 Å². The van der Waals surface area contributed by atoms with Gasteiger partial charge in [0.15, 0.2) is 0 Å². The predicted octanol–water partition coefficient (Wildman–Crippen LogP) is 2.57. The van der Waals surface area contributed by atoms with Crippen LogP contribution in [0.3, 0.4) is 0 Å². The second kappa shape index (κ2) is 5.27. The van der Waals surface area contributed by atoms with Gasteiger partial charge in [-0.1, -0.05) is 31.5 Å². The van der Waals surface area contributed by atoms with Gasteiger partial charge < -0.3 is 10.0 Å². The zero-order valence-corrected chi connectivity index (χ0v) is 12.2. The first-order chi connectivity index (χ1) is 9.36. The molecule has 0 spiro atoms. The maximum Gasteiger partial charge on any atom is 0.311 e. The molecule has 1 saturated heterocycles. The minimum absolute atomic E-state index is 0.0100. The van der Waals surface area contributed by atoms with Gasteiger partial charge in [-0.15, -0.1) is 0 Å². The topological polar surface area (TPSA) is 57.6 Å². The molecule has 1 fully saturated rings. The lowest BCUT2D eigenvalue weighted by Crippen LogP contribution is -2.40. The average Bonchev–Trinajstić information content (AvgIpc) is 2.85. The lowest BCUT2D eigenvalue weighted by molar-refractivity contribution is -0.150. The second-order valence-electron chi connectivity index (χ2n) is 5.96. The summed E-state index contributed by atoms with van der Waals surface area (Å²) < 4.78 is 0. The van der Waals surface area contributed by atoms with Crippen molar-refractivity contribution in [3.8, 4) is 0 Å². The standard InChI is InChI=1S/C16H21NO3/c1-11(2)16(15(19)20)8-9-17(10-16)14(18)13-6-4-12(3)5-7-13/h4-7,11H,8-10H2,1-3H3,(H,19,20). The van der Waals surface area contributed by atoms with E-state index in [2.05, 4.69) is 0 Å². The number of aliphatic carboxylic acids is 1. The lowest BCUT2D eigenvalue weighted by Gasteiger charge is -2.28. The molecule has 0 bridgehead atoms. The van der Waals surface area contributed by atoms with Gasteiger partial charge in [-0.05, 0) is 31.4 Å². The van der Waals surface area contributed by atoms with Crippen LogP contribution >= 0.6 is 0 Å². The number of likely N-dealkylation sites (tertiary alicyclic amines) is 1. The number of hydrogen-bond acceptors (Lipinski definition) is 2. The van der Waals surface area contributed by atoms with Crippen LogP contribution in [0.1, 0.15) is 36.2 Å². The number of carboxylic acids is 1. The molecule has 1 aliphatic rings. The molecule has 1 aromatic carbocycles. The summed E-state index contributed by atoms with van der Waals surface area (Å²) in [6.45, 7) is 6.60. The van der Waals surface area contributed by atoms with Gasteiger partial charge in [0.2, 0.25) is 0 Å². The van der Waals surface area contributed by atoms with E-state index in [1.165, 1.54) is 0 Å². The number of hydrogen-bond donors (Lipinski definition) is 1. The van der Waals surface area contributed by atoms with E-state index in [1.54, 1.807) is 17.0 Å². The Kier molecular flexibility index (Phi) is 3.84. The molecule has 1 atom stereocenters. The van der Waals surface area contributed by atoms with Crippen LogP contribution in [0.25, 0.3) is 0 Å². The lowest BCUT2D eigenvalue weighted by atomic mass is 9.76. The summed E-state index contributed by atoms with van der Waals surface area (Å²) >= 11 is 0. The Morgan fingerprint density at radius 1 is 1.25 bits per heavy atom. The fourth-order valence-corrected chi connectivity index (χ4v) is 2.78. The van der Waals surface area contributed by atoms with Gasteiger partial charge in [0.25, 0.3) is 5.91 Å². The molecule has 20 heavy (non-hydrogen) atoms. The van der Waals surface area contributed by atoms with Gasteiger partial charge >= 0.3 is 5.97 Å². The quantitative estimate of drug-likeness (QED) is 0.922. The Bertz CT molecular complexity index is 521. The van der Waals surface area contributed by atoms with E-state index in [0.29, 0.717) is 25.1 Å². The van der Waals surface area contributed by atoms with E-state index < -0.39 is 11.4 Å². The zero-order chi connectivity index (χ0) is 14.9. The van der Waals surface area contributed by atoms with E-state index in [9.17, 15) is 14.7 Å². The highest BCUT2D eigenvalue weighted by Crippen LogP contribution is 2.38. The number of carboxylic acid groups (broad SMARTS) is 1. The van der Waals surface area contributed by atoms with Crippen LogP contribution in [0, 0.1) is 18.3 Å². The molecule has 0 aromatic heterocycles. The van der Waals surface area contributed by atoms with E-state index >= 15 is 0 Å². The van der Waals surface area contributed by atoms with Gasteiger partial charge in [0.05, 0.1) is 5.41 Å². The van der Waals surface area contributed by atoms with E-state index in [4.69, 9.17) is 0 Å². The number of carbonyl (C=O) groups excluding carboxylic acids is 1. The third kappa shape index (κ3) is 2.42. The maximum atomic E-state index is 12.4. The Hall–Kier alpha value is -1.84. The van der Waals surface area contributed by atoms with Crippen molar-refractivity contribution >= 4 is 11.9 Å². The van der Waals surface area contributed by atoms with Gasteiger partial charge in [0, 0.05) is 18.7 Å². The Morgan fingerprint density at radius 3 is 2.30 bits per heavy atom. The van der Waals surface area contributed by atoms with E-state index in [-0.39, 0.29) is 11.8 Å². The molecule has 108 valence electrons. The van der Waals surface area contributed by atoms with Gasteiger partial charge in [-0.2, -0.15) is 0 Å². The minimum Gasteiger partial charge on any atom is -0.481 e. The summed E-state index contributed by atoms with van der Waals surface area (Å²) in [5.74, 6) is -0.865. The number of benzene rings is 1. The fraction of sp³-hybridized carbons (Fsp3) is 0.500. The molecule has 4 nitrogen and oxygen atoms in total. The summed E-state index contributed by atoms with van der Waals surface area (Å²) in [4.78, 5) is 25.7. The van der Waals surface area contributed by atoms with Crippen LogP contribution in [0.4, 0.5) is 0 Å². The first-order valence-electron chi connectivity index (χ1n) is 6.96. The Labute approximate surface area is 119 Å². The highest BCUT2D eigenvalue weighted by molar-refractivity contribution is 5.95. The van der Waals surface area contributed by atoms with Crippen molar-refractivity contribution < 1.29 is 14.7 Å². The van der Waals surface area contributed by atoms with Crippen molar-refractivity contribution in [1.82, 2.24) is 4.90 Å². The molecule has 0 aliphatic carbocycles. The first kappa shape index (κ1) is 14.6. The van der Waals surface area contributed by atoms with Crippen LogP contribution < -0.4 is 0 Å². The number of carbonyl (C=O) groups is 2. The van der Waals surface area contributed by atoms with Crippen molar-refractivity contribution in [1.29, 1.82) is 0 Å².